The largest absolute Gasteiger partial charge is 0.344 e. The minimum Gasteiger partial charge on any atom is -0.344 e. The van der Waals surface area contributed by atoms with E-state index in [9.17, 15) is 9.59 Å². The molecule has 1 aliphatic heterocycles. The molecule has 0 saturated carbocycles. The van der Waals surface area contributed by atoms with Gasteiger partial charge in [-0.25, -0.2) is 9.78 Å². The molecule has 1 aromatic rings. The quantitative estimate of drug-likeness (QED) is 0.915. The molecule has 7 heteroatoms. The number of carbonyl (C=O) groups excluding carboxylic acids is 2. The molecule has 6 nitrogen and oxygen atoms in total. The molecule has 1 aromatic heterocycles. The van der Waals surface area contributed by atoms with Crippen LogP contribution in [0.2, 0.25) is 0 Å². The lowest BCUT2D eigenvalue weighted by molar-refractivity contribution is -0.128. The van der Waals surface area contributed by atoms with E-state index in [2.05, 4.69) is 10.3 Å². The van der Waals surface area contributed by atoms with Crippen molar-refractivity contribution in [3.63, 3.8) is 0 Å². The number of likely N-dealkylation sites (tertiary alicyclic amines) is 1. The summed E-state index contributed by atoms with van der Waals surface area (Å²) in [5, 5.41) is 3.80. The number of hydrogen-bond donors (Lipinski definition) is 1. The summed E-state index contributed by atoms with van der Waals surface area (Å²) in [5.74, 6) is -0.00790. The van der Waals surface area contributed by atoms with E-state index in [1.54, 1.807) is 35.2 Å². The van der Waals surface area contributed by atoms with Crippen molar-refractivity contribution in [2.75, 3.05) is 20.6 Å². The molecule has 0 aromatic carbocycles. The molecular formula is C15H22N4O2S. The molecular weight excluding hydrogens is 300 g/mol. The van der Waals surface area contributed by atoms with E-state index in [0.29, 0.717) is 19.5 Å². The number of urea groups is 1. The van der Waals surface area contributed by atoms with Gasteiger partial charge >= 0.3 is 6.03 Å². The van der Waals surface area contributed by atoms with Gasteiger partial charge in [0.2, 0.25) is 5.91 Å². The highest BCUT2D eigenvalue weighted by molar-refractivity contribution is 7.11. The Morgan fingerprint density at radius 1 is 1.45 bits per heavy atom. The Balaban J connectivity index is 1.57. The zero-order chi connectivity index (χ0) is 15.7. The number of aryl methyl sites for hydroxylation is 2. The van der Waals surface area contributed by atoms with E-state index in [-0.39, 0.29) is 18.0 Å². The maximum atomic E-state index is 12.2. The van der Waals surface area contributed by atoms with Crippen molar-refractivity contribution in [2.24, 2.45) is 0 Å². The number of likely N-dealkylation sites (N-methyl/N-ethyl adjacent to an activating group) is 1. The Kier molecular flexibility index (Phi) is 4.33. The first-order valence-corrected chi connectivity index (χ1v) is 8.60. The van der Waals surface area contributed by atoms with Gasteiger partial charge in [0.05, 0.1) is 12.2 Å². The fourth-order valence-electron chi connectivity index (χ4n) is 2.96. The Bertz CT molecular complexity index is 563. The normalized spacial score (nSPS) is 20.9. The van der Waals surface area contributed by atoms with Crippen LogP contribution in [0, 0.1) is 0 Å². The molecule has 2 heterocycles. The molecule has 1 atom stereocenters. The number of thiazole rings is 1. The van der Waals surface area contributed by atoms with Crippen molar-refractivity contribution in [1.29, 1.82) is 0 Å². The van der Waals surface area contributed by atoms with E-state index < -0.39 is 0 Å². The van der Waals surface area contributed by atoms with Crippen LogP contribution in [0.4, 0.5) is 4.79 Å². The first-order chi connectivity index (χ1) is 10.5. The summed E-state index contributed by atoms with van der Waals surface area (Å²) < 4.78 is 0. The first kappa shape index (κ1) is 15.3. The topological polar surface area (TPSA) is 65.5 Å². The third-order valence-corrected chi connectivity index (χ3v) is 5.48. The van der Waals surface area contributed by atoms with E-state index >= 15 is 0 Å². The summed E-state index contributed by atoms with van der Waals surface area (Å²) >= 11 is 1.72. The van der Waals surface area contributed by atoms with Crippen LogP contribution in [-0.4, -0.2) is 53.4 Å². The average Bonchev–Trinajstić information content (AvgIpc) is 3.04. The highest BCUT2D eigenvalue weighted by Gasteiger charge is 2.31. The van der Waals surface area contributed by atoms with Crippen LogP contribution in [0.15, 0.2) is 0 Å². The minimum absolute atomic E-state index is 0.00790. The maximum Gasteiger partial charge on any atom is 0.318 e. The van der Waals surface area contributed by atoms with Crippen LogP contribution in [0.5, 0.6) is 0 Å². The second kappa shape index (κ2) is 6.24. The van der Waals surface area contributed by atoms with Gasteiger partial charge in [-0.15, -0.1) is 11.3 Å². The summed E-state index contributed by atoms with van der Waals surface area (Å²) in [5.41, 5.74) is 1.22. The first-order valence-electron chi connectivity index (χ1n) is 7.78. The predicted octanol–water partition coefficient (Wildman–Crippen LogP) is 1.39. The molecule has 0 unspecified atom stereocenters. The smallest absolute Gasteiger partial charge is 0.318 e. The van der Waals surface area contributed by atoms with Gasteiger partial charge in [0, 0.05) is 25.5 Å². The highest BCUT2D eigenvalue weighted by atomic mass is 32.1. The molecule has 1 fully saturated rings. The van der Waals surface area contributed by atoms with Gasteiger partial charge in [0.25, 0.3) is 0 Å². The number of nitrogens with zero attached hydrogens (tertiary/aromatic N) is 3. The lowest BCUT2D eigenvalue weighted by atomic mass is 10.0. The molecule has 1 N–H and O–H groups in total. The fraction of sp³-hybridized carbons (Fsp3) is 0.667. The number of rotatable bonds is 3. The molecule has 3 rings (SSSR count). The summed E-state index contributed by atoms with van der Waals surface area (Å²) in [6.45, 7) is 1.20. The average molecular weight is 322 g/mol. The SMILES string of the molecule is CN(Cc1nc2c(s1)CCCC2)C(=O)N[C@@H]1CCN(C)C1=O. The van der Waals surface area contributed by atoms with Crippen LogP contribution >= 0.6 is 11.3 Å². The molecule has 3 amide bonds. The highest BCUT2D eigenvalue weighted by Crippen LogP contribution is 2.27. The van der Waals surface area contributed by atoms with Gasteiger partial charge in [0.15, 0.2) is 0 Å². The zero-order valence-corrected chi connectivity index (χ0v) is 13.9. The second-order valence-corrected chi connectivity index (χ2v) is 7.26. The zero-order valence-electron chi connectivity index (χ0n) is 13.1. The van der Waals surface area contributed by atoms with Crippen molar-refractivity contribution >= 4 is 23.3 Å². The maximum absolute atomic E-state index is 12.2. The molecule has 0 radical (unpaired) electrons. The number of carbonyl (C=O) groups is 2. The second-order valence-electron chi connectivity index (χ2n) is 6.09. The summed E-state index contributed by atoms with van der Waals surface area (Å²) in [6.07, 6.45) is 5.31. The molecule has 0 bridgehead atoms. The molecule has 120 valence electrons. The Morgan fingerprint density at radius 2 is 2.23 bits per heavy atom. The summed E-state index contributed by atoms with van der Waals surface area (Å²) in [7, 11) is 3.51. The standard InChI is InChI=1S/C15H22N4O2S/c1-18-8-7-11(14(18)20)17-15(21)19(2)9-13-16-10-5-3-4-6-12(10)22-13/h11H,3-9H2,1-2H3,(H,17,21)/t11-/m1/s1. The number of nitrogens with one attached hydrogen (secondary N) is 1. The van der Waals surface area contributed by atoms with E-state index in [0.717, 1.165) is 17.8 Å². The predicted molar refractivity (Wildman–Crippen MR) is 84.8 cm³/mol. The van der Waals surface area contributed by atoms with Crippen molar-refractivity contribution in [2.45, 2.75) is 44.7 Å². The lowest BCUT2D eigenvalue weighted by Crippen LogP contribution is -2.46. The van der Waals surface area contributed by atoms with Crippen LogP contribution < -0.4 is 5.32 Å². The summed E-state index contributed by atoms with van der Waals surface area (Å²) in [4.78, 5) is 33.3. The number of fused-ring (bicyclic) bond motifs is 1. The van der Waals surface area contributed by atoms with Gasteiger partial charge in [-0.3, -0.25) is 4.79 Å². The number of aromatic nitrogens is 1. The van der Waals surface area contributed by atoms with E-state index in [1.165, 1.54) is 23.4 Å². The molecule has 1 saturated heterocycles. The van der Waals surface area contributed by atoms with Gasteiger partial charge in [-0.2, -0.15) is 0 Å². The van der Waals surface area contributed by atoms with Crippen LogP contribution in [-0.2, 0) is 24.2 Å². The fourth-order valence-corrected chi connectivity index (χ4v) is 4.17. The van der Waals surface area contributed by atoms with Crippen LogP contribution in [0.25, 0.3) is 0 Å². The van der Waals surface area contributed by atoms with Crippen LogP contribution in [0.1, 0.15) is 34.8 Å². The van der Waals surface area contributed by atoms with Gasteiger partial charge in [-0.1, -0.05) is 0 Å². The minimum atomic E-state index is -0.385. The number of amides is 3. The van der Waals surface area contributed by atoms with Gasteiger partial charge < -0.3 is 15.1 Å². The summed E-state index contributed by atoms with van der Waals surface area (Å²) in [6, 6.07) is -0.591. The van der Waals surface area contributed by atoms with Crippen molar-refractivity contribution < 1.29 is 9.59 Å². The van der Waals surface area contributed by atoms with Crippen molar-refractivity contribution in [3.8, 4) is 0 Å². The Morgan fingerprint density at radius 3 is 2.91 bits per heavy atom. The third-order valence-electron chi connectivity index (χ3n) is 4.33. The Hall–Kier alpha value is -1.63. The van der Waals surface area contributed by atoms with Crippen LogP contribution in [0.3, 0.4) is 0 Å². The van der Waals surface area contributed by atoms with Crippen molar-refractivity contribution in [3.05, 3.63) is 15.6 Å². The monoisotopic (exact) mass is 322 g/mol. The van der Waals surface area contributed by atoms with E-state index in [1.807, 2.05) is 0 Å². The molecule has 1 aliphatic carbocycles. The third kappa shape index (κ3) is 3.09. The van der Waals surface area contributed by atoms with Gasteiger partial charge in [0.1, 0.15) is 11.0 Å². The molecule has 2 aliphatic rings. The lowest BCUT2D eigenvalue weighted by Gasteiger charge is -2.19. The van der Waals surface area contributed by atoms with E-state index in [4.69, 9.17) is 0 Å². The Labute approximate surface area is 134 Å². The molecule has 22 heavy (non-hydrogen) atoms. The van der Waals surface area contributed by atoms with Gasteiger partial charge in [-0.05, 0) is 32.1 Å². The van der Waals surface area contributed by atoms with Crippen molar-refractivity contribution in [1.82, 2.24) is 20.1 Å². The molecule has 0 spiro atoms. The number of hydrogen-bond acceptors (Lipinski definition) is 4.